The topological polar surface area (TPSA) is 80.5 Å². The Hall–Kier alpha value is -2.13. The minimum Gasteiger partial charge on any atom is -0.505 e. The second-order valence-corrected chi connectivity index (χ2v) is 5.24. The number of hydrogen-bond donors (Lipinski definition) is 1. The fourth-order valence-corrected chi connectivity index (χ4v) is 2.65. The molecule has 0 radical (unpaired) electrons. The van der Waals surface area contributed by atoms with Crippen molar-refractivity contribution < 1.29 is 9.90 Å². The van der Waals surface area contributed by atoms with E-state index in [1.165, 1.54) is 12.3 Å². The molecular formula is C14H16N4O2. The quantitative estimate of drug-likeness (QED) is 0.852. The van der Waals surface area contributed by atoms with Gasteiger partial charge in [0.05, 0.1) is 12.6 Å². The molecule has 1 saturated heterocycles. The summed E-state index contributed by atoms with van der Waals surface area (Å²) in [6.07, 6.45) is 3.77. The molecule has 1 aromatic heterocycles. The molecule has 3 rings (SSSR count). The van der Waals surface area contributed by atoms with Gasteiger partial charge >= 0.3 is 0 Å². The molecule has 1 saturated carbocycles. The van der Waals surface area contributed by atoms with E-state index in [4.69, 9.17) is 0 Å². The highest BCUT2D eigenvalue weighted by atomic mass is 16.3. The SMILES string of the molecule is N#CC1CN(C(=O)c2ncccc2O)CCN1C1CC1. The largest absolute Gasteiger partial charge is 0.505 e. The van der Waals surface area contributed by atoms with Crippen molar-refractivity contribution in [3.63, 3.8) is 0 Å². The van der Waals surface area contributed by atoms with Crippen LogP contribution in [-0.2, 0) is 0 Å². The number of nitrogens with zero attached hydrogens (tertiary/aromatic N) is 4. The van der Waals surface area contributed by atoms with E-state index in [-0.39, 0.29) is 23.4 Å². The van der Waals surface area contributed by atoms with E-state index in [0.29, 0.717) is 25.7 Å². The van der Waals surface area contributed by atoms with Gasteiger partial charge in [-0.25, -0.2) is 4.98 Å². The first kappa shape index (κ1) is 12.9. The molecule has 1 N–H and O–H groups in total. The summed E-state index contributed by atoms with van der Waals surface area (Å²) in [7, 11) is 0. The van der Waals surface area contributed by atoms with Gasteiger partial charge in [0.15, 0.2) is 5.69 Å². The molecular weight excluding hydrogens is 256 g/mol. The van der Waals surface area contributed by atoms with Crippen molar-refractivity contribution in [2.45, 2.75) is 24.9 Å². The Labute approximate surface area is 117 Å². The van der Waals surface area contributed by atoms with Crippen molar-refractivity contribution in [2.75, 3.05) is 19.6 Å². The zero-order chi connectivity index (χ0) is 14.1. The summed E-state index contributed by atoms with van der Waals surface area (Å²) in [5.74, 6) is -0.422. The maximum Gasteiger partial charge on any atom is 0.276 e. The summed E-state index contributed by atoms with van der Waals surface area (Å²) in [5, 5.41) is 19.0. The summed E-state index contributed by atoms with van der Waals surface area (Å²) in [6.45, 7) is 1.66. The Kier molecular flexibility index (Phi) is 3.28. The predicted octanol–water partition coefficient (Wildman–Crippen LogP) is 0.600. The number of carbonyl (C=O) groups excluding carboxylic acids is 1. The van der Waals surface area contributed by atoms with Crippen molar-refractivity contribution in [1.82, 2.24) is 14.8 Å². The van der Waals surface area contributed by atoms with E-state index in [9.17, 15) is 15.2 Å². The Balaban J connectivity index is 1.74. The van der Waals surface area contributed by atoms with Gasteiger partial charge in [-0.1, -0.05) is 0 Å². The van der Waals surface area contributed by atoms with Gasteiger partial charge in [-0.3, -0.25) is 9.69 Å². The Morgan fingerprint density at radius 1 is 1.45 bits per heavy atom. The lowest BCUT2D eigenvalue weighted by atomic mass is 10.1. The third-order valence-corrected chi connectivity index (χ3v) is 3.86. The van der Waals surface area contributed by atoms with Gasteiger partial charge in [0.2, 0.25) is 0 Å². The predicted molar refractivity (Wildman–Crippen MR) is 70.9 cm³/mol. The molecule has 2 fully saturated rings. The van der Waals surface area contributed by atoms with E-state index in [2.05, 4.69) is 16.0 Å². The number of piperazine rings is 1. The van der Waals surface area contributed by atoms with Gasteiger partial charge in [-0.05, 0) is 25.0 Å². The molecule has 0 aromatic carbocycles. The molecule has 2 heterocycles. The van der Waals surface area contributed by atoms with Gasteiger partial charge in [-0.15, -0.1) is 0 Å². The van der Waals surface area contributed by atoms with Crippen molar-refractivity contribution in [3.05, 3.63) is 24.0 Å². The second kappa shape index (κ2) is 5.10. The molecule has 1 amide bonds. The lowest BCUT2D eigenvalue weighted by Crippen LogP contribution is -2.55. The molecule has 6 nitrogen and oxygen atoms in total. The monoisotopic (exact) mass is 272 g/mol. The van der Waals surface area contributed by atoms with E-state index in [0.717, 1.165) is 12.8 Å². The molecule has 1 aromatic rings. The molecule has 20 heavy (non-hydrogen) atoms. The molecule has 2 aliphatic rings. The molecule has 0 spiro atoms. The molecule has 1 aliphatic carbocycles. The van der Waals surface area contributed by atoms with Crippen LogP contribution in [0.3, 0.4) is 0 Å². The normalized spacial score (nSPS) is 23.4. The molecule has 6 heteroatoms. The van der Waals surface area contributed by atoms with E-state index in [1.807, 2.05) is 0 Å². The minimum atomic E-state index is -0.307. The zero-order valence-corrected chi connectivity index (χ0v) is 11.1. The summed E-state index contributed by atoms with van der Waals surface area (Å²) in [6, 6.07) is 5.56. The van der Waals surface area contributed by atoms with Crippen LogP contribution in [-0.4, -0.2) is 57.5 Å². The lowest BCUT2D eigenvalue weighted by molar-refractivity contribution is 0.0542. The summed E-state index contributed by atoms with van der Waals surface area (Å²) in [4.78, 5) is 20.1. The number of carbonyl (C=O) groups is 1. The highest BCUT2D eigenvalue weighted by Crippen LogP contribution is 2.30. The lowest BCUT2D eigenvalue weighted by Gasteiger charge is -2.38. The maximum atomic E-state index is 12.3. The number of rotatable bonds is 2. The van der Waals surface area contributed by atoms with Crippen LogP contribution in [0.4, 0.5) is 0 Å². The third kappa shape index (κ3) is 2.32. The summed E-state index contributed by atoms with van der Waals surface area (Å²) >= 11 is 0. The number of aromatic nitrogens is 1. The average Bonchev–Trinajstić information content (AvgIpc) is 3.31. The van der Waals surface area contributed by atoms with Gasteiger partial charge < -0.3 is 10.0 Å². The average molecular weight is 272 g/mol. The van der Waals surface area contributed by atoms with Gasteiger partial charge in [0, 0.05) is 25.3 Å². The summed E-state index contributed by atoms with van der Waals surface area (Å²) < 4.78 is 0. The number of aromatic hydroxyl groups is 1. The molecule has 1 atom stereocenters. The fraction of sp³-hybridized carbons (Fsp3) is 0.500. The van der Waals surface area contributed by atoms with Crippen LogP contribution in [0.1, 0.15) is 23.3 Å². The van der Waals surface area contributed by atoms with Crippen LogP contribution in [0.25, 0.3) is 0 Å². The molecule has 104 valence electrons. The van der Waals surface area contributed by atoms with Crippen LogP contribution in [0.5, 0.6) is 5.75 Å². The van der Waals surface area contributed by atoms with E-state index < -0.39 is 0 Å². The Bertz CT molecular complexity index is 565. The number of nitriles is 1. The molecule has 1 unspecified atom stereocenters. The highest BCUT2D eigenvalue weighted by molar-refractivity contribution is 5.94. The standard InChI is InChI=1S/C14H16N4O2/c15-8-11-9-17(6-7-18(11)10-3-4-10)14(20)13-12(19)2-1-5-16-13/h1-2,5,10-11,19H,3-4,6-7,9H2. The van der Waals surface area contributed by atoms with Crippen LogP contribution in [0, 0.1) is 11.3 Å². The first-order chi connectivity index (χ1) is 9.70. The van der Waals surface area contributed by atoms with Gasteiger partial charge in [0.1, 0.15) is 11.8 Å². The zero-order valence-electron chi connectivity index (χ0n) is 11.1. The maximum absolute atomic E-state index is 12.3. The van der Waals surface area contributed by atoms with Crippen LogP contribution < -0.4 is 0 Å². The van der Waals surface area contributed by atoms with Crippen LogP contribution in [0.2, 0.25) is 0 Å². The van der Waals surface area contributed by atoms with E-state index >= 15 is 0 Å². The van der Waals surface area contributed by atoms with Crippen molar-refractivity contribution in [2.24, 2.45) is 0 Å². The first-order valence-electron chi connectivity index (χ1n) is 6.79. The van der Waals surface area contributed by atoms with Crippen molar-refractivity contribution in [3.8, 4) is 11.8 Å². The number of hydrogen-bond acceptors (Lipinski definition) is 5. The minimum absolute atomic E-state index is 0.0593. The van der Waals surface area contributed by atoms with Crippen molar-refractivity contribution in [1.29, 1.82) is 5.26 Å². The molecule has 1 aliphatic heterocycles. The third-order valence-electron chi connectivity index (χ3n) is 3.86. The van der Waals surface area contributed by atoms with Gasteiger partial charge in [-0.2, -0.15) is 5.26 Å². The fourth-order valence-electron chi connectivity index (χ4n) is 2.65. The highest BCUT2D eigenvalue weighted by Gasteiger charge is 2.39. The second-order valence-electron chi connectivity index (χ2n) is 5.24. The van der Waals surface area contributed by atoms with Crippen LogP contribution in [0.15, 0.2) is 18.3 Å². The number of pyridine rings is 1. The smallest absolute Gasteiger partial charge is 0.276 e. The first-order valence-corrected chi connectivity index (χ1v) is 6.79. The van der Waals surface area contributed by atoms with Crippen molar-refractivity contribution >= 4 is 5.91 Å². The van der Waals surface area contributed by atoms with Crippen LogP contribution >= 0.6 is 0 Å². The Morgan fingerprint density at radius 2 is 2.25 bits per heavy atom. The van der Waals surface area contributed by atoms with Gasteiger partial charge in [0.25, 0.3) is 5.91 Å². The Morgan fingerprint density at radius 3 is 2.90 bits per heavy atom. The summed E-state index contributed by atoms with van der Waals surface area (Å²) in [5.41, 5.74) is 0.0593. The number of amides is 1. The van der Waals surface area contributed by atoms with E-state index in [1.54, 1.807) is 11.0 Å². The molecule has 0 bridgehead atoms.